The number of carbonyl (C=O) groups excluding carboxylic acids is 3. The molecule has 0 spiro atoms. The number of likely N-dealkylation sites (tertiary alicyclic amines) is 1. The highest BCUT2D eigenvalue weighted by molar-refractivity contribution is 5.89. The number of ether oxygens (including phenoxy) is 1. The summed E-state index contributed by atoms with van der Waals surface area (Å²) in [6, 6.07) is 0.355. The van der Waals surface area contributed by atoms with Crippen LogP contribution in [0.2, 0.25) is 0 Å². The molecule has 0 radical (unpaired) electrons. The van der Waals surface area contributed by atoms with E-state index in [1.54, 1.807) is 0 Å². The number of morpholine rings is 1. The highest BCUT2D eigenvalue weighted by Gasteiger charge is 2.40. The zero-order chi connectivity index (χ0) is 19.5. The Morgan fingerprint density at radius 2 is 1.61 bits per heavy atom. The first-order chi connectivity index (χ1) is 13.6. The number of hydrogen-bond acceptors (Lipinski definition) is 5. The number of nitrogens with zero attached hydrogens (tertiary/aromatic N) is 4. The fraction of sp³-hybridized carbons (Fsp3) is 0.850. The number of amides is 3. The highest BCUT2D eigenvalue weighted by Crippen LogP contribution is 2.30. The van der Waals surface area contributed by atoms with Gasteiger partial charge in [0.25, 0.3) is 0 Å². The molecule has 0 unspecified atom stereocenters. The molecule has 0 N–H and O–H groups in total. The van der Waals surface area contributed by atoms with E-state index >= 15 is 0 Å². The van der Waals surface area contributed by atoms with Gasteiger partial charge in [-0.15, -0.1) is 0 Å². The monoisotopic (exact) mass is 392 g/mol. The van der Waals surface area contributed by atoms with Gasteiger partial charge in [-0.2, -0.15) is 0 Å². The Hall–Kier alpha value is -1.67. The number of carbonyl (C=O) groups is 3. The van der Waals surface area contributed by atoms with Crippen molar-refractivity contribution in [3.8, 4) is 0 Å². The predicted octanol–water partition coefficient (Wildman–Crippen LogP) is -0.219. The molecule has 1 aliphatic carbocycles. The third-order valence-corrected chi connectivity index (χ3v) is 6.68. The van der Waals surface area contributed by atoms with Gasteiger partial charge in [0.05, 0.1) is 25.7 Å². The molecule has 0 bridgehead atoms. The van der Waals surface area contributed by atoms with E-state index in [9.17, 15) is 14.4 Å². The van der Waals surface area contributed by atoms with Crippen LogP contribution in [0.1, 0.15) is 32.1 Å². The smallest absolute Gasteiger partial charge is 0.236 e. The maximum absolute atomic E-state index is 12.9. The molecular weight excluding hydrogens is 360 g/mol. The van der Waals surface area contributed by atoms with Crippen molar-refractivity contribution in [3.63, 3.8) is 0 Å². The molecule has 3 saturated heterocycles. The lowest BCUT2D eigenvalue weighted by Crippen LogP contribution is -2.53. The van der Waals surface area contributed by atoms with E-state index in [1.165, 1.54) is 12.8 Å². The van der Waals surface area contributed by atoms with Crippen molar-refractivity contribution in [1.82, 2.24) is 19.6 Å². The zero-order valence-electron chi connectivity index (χ0n) is 16.7. The van der Waals surface area contributed by atoms with Gasteiger partial charge in [-0.3, -0.25) is 19.3 Å². The Balaban J connectivity index is 1.23. The van der Waals surface area contributed by atoms with Gasteiger partial charge in [0.1, 0.15) is 0 Å². The van der Waals surface area contributed by atoms with Crippen LogP contribution < -0.4 is 0 Å². The van der Waals surface area contributed by atoms with E-state index in [0.29, 0.717) is 64.9 Å². The van der Waals surface area contributed by atoms with Crippen LogP contribution in [0.5, 0.6) is 0 Å². The lowest BCUT2D eigenvalue weighted by atomic mass is 10.1. The SMILES string of the molecule is O=C(CN1CCN(C(=O)[C@H]2CC(=O)N(C3CCCC3)C2)CC1)N1CCOCC1. The molecule has 0 aromatic carbocycles. The standard InChI is InChI=1S/C20H32N4O4/c25-18-13-16(14-24(18)17-3-1-2-4-17)20(27)23-7-5-21(6-8-23)15-19(26)22-9-11-28-12-10-22/h16-17H,1-15H2/t16-/m0/s1. The van der Waals surface area contributed by atoms with Crippen molar-refractivity contribution in [3.05, 3.63) is 0 Å². The van der Waals surface area contributed by atoms with Crippen molar-refractivity contribution in [2.24, 2.45) is 5.92 Å². The van der Waals surface area contributed by atoms with Crippen molar-refractivity contribution < 1.29 is 19.1 Å². The Morgan fingerprint density at radius 3 is 2.29 bits per heavy atom. The minimum Gasteiger partial charge on any atom is -0.378 e. The van der Waals surface area contributed by atoms with Gasteiger partial charge in [0.2, 0.25) is 17.7 Å². The molecule has 28 heavy (non-hydrogen) atoms. The molecular formula is C20H32N4O4. The van der Waals surface area contributed by atoms with E-state index < -0.39 is 0 Å². The largest absolute Gasteiger partial charge is 0.378 e. The summed E-state index contributed by atoms with van der Waals surface area (Å²) in [5.74, 6) is 0.235. The van der Waals surface area contributed by atoms with Crippen LogP contribution in [-0.4, -0.2) is 109 Å². The minimum atomic E-state index is -0.186. The fourth-order valence-electron chi connectivity index (χ4n) is 4.95. The van der Waals surface area contributed by atoms with Crippen molar-refractivity contribution in [2.45, 2.75) is 38.1 Å². The normalized spacial score (nSPS) is 27.6. The average Bonchev–Trinajstić information content (AvgIpc) is 3.38. The first kappa shape index (κ1) is 19.6. The van der Waals surface area contributed by atoms with Crippen molar-refractivity contribution >= 4 is 17.7 Å². The number of piperazine rings is 1. The molecule has 8 nitrogen and oxygen atoms in total. The van der Waals surface area contributed by atoms with Crippen LogP contribution in [0.25, 0.3) is 0 Å². The Morgan fingerprint density at radius 1 is 0.929 bits per heavy atom. The summed E-state index contributed by atoms with van der Waals surface area (Å²) in [4.78, 5) is 45.5. The Bertz CT molecular complexity index is 593. The van der Waals surface area contributed by atoms with Gasteiger partial charge < -0.3 is 19.4 Å². The number of rotatable bonds is 4. The molecule has 8 heteroatoms. The Labute approximate surface area is 166 Å². The maximum atomic E-state index is 12.9. The molecule has 4 rings (SSSR count). The van der Waals surface area contributed by atoms with Gasteiger partial charge in [0, 0.05) is 58.3 Å². The summed E-state index contributed by atoms with van der Waals surface area (Å²) in [5.41, 5.74) is 0. The lowest BCUT2D eigenvalue weighted by Gasteiger charge is -2.37. The second-order valence-electron chi connectivity index (χ2n) is 8.48. The van der Waals surface area contributed by atoms with E-state index in [1.807, 2.05) is 14.7 Å². The molecule has 3 aliphatic heterocycles. The average molecular weight is 393 g/mol. The molecule has 3 heterocycles. The second-order valence-corrected chi connectivity index (χ2v) is 8.48. The van der Waals surface area contributed by atoms with Crippen molar-refractivity contribution in [2.75, 3.05) is 65.6 Å². The summed E-state index contributed by atoms with van der Waals surface area (Å²) < 4.78 is 5.30. The van der Waals surface area contributed by atoms with E-state index in [2.05, 4.69) is 4.90 Å². The lowest BCUT2D eigenvalue weighted by molar-refractivity contribution is -0.139. The van der Waals surface area contributed by atoms with Gasteiger partial charge in [-0.25, -0.2) is 0 Å². The second kappa shape index (κ2) is 8.78. The maximum Gasteiger partial charge on any atom is 0.236 e. The molecule has 1 saturated carbocycles. The number of hydrogen-bond donors (Lipinski definition) is 0. The molecule has 4 fully saturated rings. The minimum absolute atomic E-state index is 0.119. The summed E-state index contributed by atoms with van der Waals surface area (Å²) in [6.45, 7) is 6.31. The summed E-state index contributed by atoms with van der Waals surface area (Å²) in [6.07, 6.45) is 4.92. The molecule has 0 aromatic heterocycles. The molecule has 0 aromatic rings. The van der Waals surface area contributed by atoms with Gasteiger partial charge in [-0.1, -0.05) is 12.8 Å². The summed E-state index contributed by atoms with van der Waals surface area (Å²) >= 11 is 0. The van der Waals surface area contributed by atoms with Gasteiger partial charge in [0.15, 0.2) is 0 Å². The van der Waals surface area contributed by atoms with Gasteiger partial charge >= 0.3 is 0 Å². The van der Waals surface area contributed by atoms with Crippen LogP contribution in [-0.2, 0) is 19.1 Å². The topological polar surface area (TPSA) is 73.4 Å². The van der Waals surface area contributed by atoms with Crippen LogP contribution in [0.3, 0.4) is 0 Å². The van der Waals surface area contributed by atoms with E-state index in [4.69, 9.17) is 4.74 Å². The molecule has 156 valence electrons. The van der Waals surface area contributed by atoms with Crippen molar-refractivity contribution in [1.29, 1.82) is 0 Å². The predicted molar refractivity (Wildman–Crippen MR) is 102 cm³/mol. The fourth-order valence-corrected chi connectivity index (χ4v) is 4.95. The molecule has 1 atom stereocenters. The molecule has 3 amide bonds. The van der Waals surface area contributed by atoms with Crippen LogP contribution >= 0.6 is 0 Å². The van der Waals surface area contributed by atoms with Gasteiger partial charge in [-0.05, 0) is 12.8 Å². The third kappa shape index (κ3) is 4.33. The summed E-state index contributed by atoms with van der Waals surface area (Å²) in [7, 11) is 0. The third-order valence-electron chi connectivity index (χ3n) is 6.68. The molecule has 4 aliphatic rings. The van der Waals surface area contributed by atoms with Crippen LogP contribution in [0, 0.1) is 5.92 Å². The van der Waals surface area contributed by atoms with Crippen LogP contribution in [0.15, 0.2) is 0 Å². The van der Waals surface area contributed by atoms with E-state index in [-0.39, 0.29) is 23.6 Å². The highest BCUT2D eigenvalue weighted by atomic mass is 16.5. The summed E-state index contributed by atoms with van der Waals surface area (Å²) in [5, 5.41) is 0. The Kier molecular flexibility index (Phi) is 6.16. The quantitative estimate of drug-likeness (QED) is 0.661. The van der Waals surface area contributed by atoms with E-state index in [0.717, 1.165) is 25.9 Å². The zero-order valence-corrected chi connectivity index (χ0v) is 16.7. The first-order valence-corrected chi connectivity index (χ1v) is 10.8. The van der Waals surface area contributed by atoms with Crippen LogP contribution in [0.4, 0.5) is 0 Å². The first-order valence-electron chi connectivity index (χ1n) is 10.8.